The summed E-state index contributed by atoms with van der Waals surface area (Å²) in [5.41, 5.74) is 4.96. The number of carbonyl (C=O) groups is 2. The molecule has 1 aromatic rings. The first-order valence-electron chi connectivity index (χ1n) is 7.16. The lowest BCUT2D eigenvalue weighted by Crippen LogP contribution is -2.45. The predicted octanol–water partition coefficient (Wildman–Crippen LogP) is 1.35. The van der Waals surface area contributed by atoms with Crippen LogP contribution in [0.5, 0.6) is 0 Å². The molecule has 10 heteroatoms. The van der Waals surface area contributed by atoms with E-state index in [0.717, 1.165) is 12.8 Å². The number of likely N-dealkylation sites (tertiary alicyclic amines) is 1. The highest BCUT2D eigenvalue weighted by Gasteiger charge is 2.28. The van der Waals surface area contributed by atoms with Gasteiger partial charge in [-0.15, -0.1) is 12.4 Å². The third-order valence-electron chi connectivity index (χ3n) is 3.79. The molecule has 1 saturated heterocycles. The molecular weight excluding hydrogens is 359 g/mol. The van der Waals surface area contributed by atoms with Crippen molar-refractivity contribution in [1.82, 2.24) is 10.2 Å². The minimum absolute atomic E-state index is 0. The summed E-state index contributed by atoms with van der Waals surface area (Å²) < 4.78 is 0. The smallest absolute Gasteiger partial charge is 0.283 e. The number of benzene rings is 1. The minimum atomic E-state index is -0.751. The second kappa shape index (κ2) is 8.81. The highest BCUT2D eigenvalue weighted by atomic mass is 35.5. The second-order valence-electron chi connectivity index (χ2n) is 5.19. The van der Waals surface area contributed by atoms with E-state index in [2.05, 4.69) is 5.32 Å². The number of amides is 2. The number of nitrogens with two attached hydrogens (primary N) is 1. The van der Waals surface area contributed by atoms with E-state index in [0.29, 0.717) is 13.1 Å². The van der Waals surface area contributed by atoms with E-state index < -0.39 is 16.5 Å². The molecule has 0 aromatic heterocycles. The van der Waals surface area contributed by atoms with Crippen LogP contribution in [0.1, 0.15) is 23.2 Å². The maximum atomic E-state index is 12.2. The van der Waals surface area contributed by atoms with Crippen LogP contribution in [0.25, 0.3) is 0 Å². The Morgan fingerprint density at radius 1 is 1.46 bits per heavy atom. The molecule has 1 atom stereocenters. The molecule has 0 aliphatic carbocycles. The van der Waals surface area contributed by atoms with E-state index in [1.165, 1.54) is 18.2 Å². The van der Waals surface area contributed by atoms with Gasteiger partial charge in [-0.3, -0.25) is 19.7 Å². The normalized spacial score (nSPS) is 16.4. The van der Waals surface area contributed by atoms with Crippen molar-refractivity contribution in [3.8, 4) is 0 Å². The zero-order valence-corrected chi connectivity index (χ0v) is 14.3. The fourth-order valence-electron chi connectivity index (χ4n) is 2.64. The predicted molar refractivity (Wildman–Crippen MR) is 91.5 cm³/mol. The SMILES string of the molecule is Cl.NCC1CCCN1C(=O)CNC(=O)c1c(Cl)cccc1[N+](=O)[O-]. The Hall–Kier alpha value is -1.90. The summed E-state index contributed by atoms with van der Waals surface area (Å²) in [6, 6.07) is 3.94. The lowest BCUT2D eigenvalue weighted by atomic mass is 10.1. The lowest BCUT2D eigenvalue weighted by molar-refractivity contribution is -0.385. The topological polar surface area (TPSA) is 119 Å². The largest absolute Gasteiger partial charge is 0.343 e. The summed E-state index contributed by atoms with van der Waals surface area (Å²) in [5, 5.41) is 13.3. The molecule has 2 rings (SSSR count). The molecule has 3 N–H and O–H groups in total. The summed E-state index contributed by atoms with van der Waals surface area (Å²) in [6.45, 7) is 0.718. The molecule has 1 aliphatic heterocycles. The summed E-state index contributed by atoms with van der Waals surface area (Å²) in [4.78, 5) is 36.2. The number of nitro benzene ring substituents is 1. The lowest BCUT2D eigenvalue weighted by Gasteiger charge is -2.23. The van der Waals surface area contributed by atoms with Crippen LogP contribution in [-0.2, 0) is 4.79 Å². The van der Waals surface area contributed by atoms with Gasteiger partial charge in [-0.05, 0) is 18.9 Å². The molecule has 2 amide bonds. The van der Waals surface area contributed by atoms with Gasteiger partial charge in [0.1, 0.15) is 5.56 Å². The number of nitro groups is 1. The van der Waals surface area contributed by atoms with Crippen LogP contribution in [0.3, 0.4) is 0 Å². The van der Waals surface area contributed by atoms with Gasteiger partial charge in [0.25, 0.3) is 11.6 Å². The molecule has 1 aromatic carbocycles. The van der Waals surface area contributed by atoms with Gasteiger partial charge in [0.05, 0.1) is 16.5 Å². The molecule has 24 heavy (non-hydrogen) atoms. The van der Waals surface area contributed by atoms with Crippen LogP contribution in [0, 0.1) is 10.1 Å². The van der Waals surface area contributed by atoms with Crippen LogP contribution in [0.2, 0.25) is 5.02 Å². The van der Waals surface area contributed by atoms with Crippen molar-refractivity contribution < 1.29 is 14.5 Å². The summed E-state index contributed by atoms with van der Waals surface area (Å²) in [5.74, 6) is -1.01. The van der Waals surface area contributed by atoms with Gasteiger partial charge < -0.3 is 16.0 Å². The third-order valence-corrected chi connectivity index (χ3v) is 4.10. The van der Waals surface area contributed by atoms with Crippen LogP contribution < -0.4 is 11.1 Å². The Kier molecular flexibility index (Phi) is 7.40. The van der Waals surface area contributed by atoms with Crippen molar-refractivity contribution in [2.24, 2.45) is 5.73 Å². The molecule has 0 bridgehead atoms. The van der Waals surface area contributed by atoms with Crippen LogP contribution in [0.4, 0.5) is 5.69 Å². The van der Waals surface area contributed by atoms with Crippen molar-refractivity contribution in [1.29, 1.82) is 0 Å². The monoisotopic (exact) mass is 376 g/mol. The standard InChI is InChI=1S/C14H17ClN4O4.ClH/c15-10-4-1-5-11(19(22)23)13(10)14(21)17-8-12(20)18-6-2-3-9(18)7-16;/h1,4-5,9H,2-3,6-8,16H2,(H,17,21);1H. The number of rotatable bonds is 5. The number of nitrogens with one attached hydrogen (secondary N) is 1. The van der Waals surface area contributed by atoms with Crippen molar-refractivity contribution in [3.63, 3.8) is 0 Å². The Morgan fingerprint density at radius 2 is 2.17 bits per heavy atom. The first-order valence-corrected chi connectivity index (χ1v) is 7.54. The fraction of sp³-hybridized carbons (Fsp3) is 0.429. The van der Waals surface area contributed by atoms with Crippen LogP contribution in [0.15, 0.2) is 18.2 Å². The average Bonchev–Trinajstić information content (AvgIpc) is 3.00. The summed E-state index contributed by atoms with van der Waals surface area (Å²) >= 11 is 5.88. The van der Waals surface area contributed by atoms with Gasteiger partial charge in [0, 0.05) is 25.2 Å². The van der Waals surface area contributed by atoms with Gasteiger partial charge >= 0.3 is 0 Å². The highest BCUT2D eigenvalue weighted by molar-refractivity contribution is 6.34. The van der Waals surface area contributed by atoms with Crippen molar-refractivity contribution in [2.45, 2.75) is 18.9 Å². The van der Waals surface area contributed by atoms with E-state index in [1.54, 1.807) is 4.90 Å². The Balaban J connectivity index is 0.00000288. The van der Waals surface area contributed by atoms with Gasteiger partial charge in [0.15, 0.2) is 0 Å². The molecule has 132 valence electrons. The van der Waals surface area contributed by atoms with Gasteiger partial charge in [-0.25, -0.2) is 0 Å². The first-order chi connectivity index (χ1) is 11.0. The Labute approximate surface area is 149 Å². The zero-order valence-electron chi connectivity index (χ0n) is 12.7. The first kappa shape index (κ1) is 20.1. The number of hydrogen-bond donors (Lipinski definition) is 2. The third kappa shape index (κ3) is 4.34. The zero-order chi connectivity index (χ0) is 17.0. The van der Waals surface area contributed by atoms with Crippen LogP contribution in [-0.4, -0.2) is 47.3 Å². The van der Waals surface area contributed by atoms with Gasteiger partial charge in [-0.1, -0.05) is 17.7 Å². The molecule has 1 fully saturated rings. The van der Waals surface area contributed by atoms with Crippen molar-refractivity contribution >= 4 is 41.5 Å². The molecule has 1 unspecified atom stereocenters. The maximum absolute atomic E-state index is 12.2. The van der Waals surface area contributed by atoms with E-state index in [4.69, 9.17) is 17.3 Å². The van der Waals surface area contributed by atoms with Gasteiger partial charge in [-0.2, -0.15) is 0 Å². The maximum Gasteiger partial charge on any atom is 0.283 e. The molecule has 0 saturated carbocycles. The van der Waals surface area contributed by atoms with E-state index >= 15 is 0 Å². The average molecular weight is 377 g/mol. The Bertz CT molecular complexity index is 641. The minimum Gasteiger partial charge on any atom is -0.343 e. The van der Waals surface area contributed by atoms with Crippen molar-refractivity contribution in [2.75, 3.05) is 19.6 Å². The Morgan fingerprint density at radius 3 is 2.79 bits per heavy atom. The second-order valence-corrected chi connectivity index (χ2v) is 5.60. The van der Waals surface area contributed by atoms with Gasteiger partial charge in [0.2, 0.25) is 5.91 Å². The number of nitrogens with zero attached hydrogens (tertiary/aromatic N) is 2. The van der Waals surface area contributed by atoms with E-state index in [-0.39, 0.29) is 41.5 Å². The number of halogens is 2. The molecule has 8 nitrogen and oxygen atoms in total. The van der Waals surface area contributed by atoms with Crippen molar-refractivity contribution in [3.05, 3.63) is 38.9 Å². The number of carbonyl (C=O) groups excluding carboxylic acids is 2. The quantitative estimate of drug-likeness (QED) is 0.593. The molecule has 1 heterocycles. The fourth-order valence-corrected chi connectivity index (χ4v) is 2.90. The molecule has 1 aliphatic rings. The summed E-state index contributed by atoms with van der Waals surface area (Å²) in [6.07, 6.45) is 1.71. The highest BCUT2D eigenvalue weighted by Crippen LogP contribution is 2.26. The molecule has 0 radical (unpaired) electrons. The van der Waals surface area contributed by atoms with Crippen LogP contribution >= 0.6 is 24.0 Å². The molecule has 0 spiro atoms. The van der Waals surface area contributed by atoms with E-state index in [1.807, 2.05) is 0 Å². The summed E-state index contributed by atoms with van der Waals surface area (Å²) in [7, 11) is 0. The number of hydrogen-bond acceptors (Lipinski definition) is 5. The molecular formula is C14H18Cl2N4O4. The van der Waals surface area contributed by atoms with E-state index in [9.17, 15) is 19.7 Å².